The van der Waals surface area contributed by atoms with Gasteiger partial charge in [0.1, 0.15) is 6.54 Å². The van der Waals surface area contributed by atoms with Crippen LogP contribution in [0.5, 0.6) is 0 Å². The van der Waals surface area contributed by atoms with E-state index < -0.39 is 0 Å². The second-order valence-electron chi connectivity index (χ2n) is 6.28. The van der Waals surface area contributed by atoms with Crippen LogP contribution in [0.3, 0.4) is 0 Å². The first kappa shape index (κ1) is 14.0. The van der Waals surface area contributed by atoms with Crippen LogP contribution >= 0.6 is 0 Å². The number of rotatable bonds is 4. The molecule has 1 saturated heterocycles. The van der Waals surface area contributed by atoms with Gasteiger partial charge in [0, 0.05) is 37.1 Å². The predicted molar refractivity (Wildman–Crippen MR) is 86.8 cm³/mol. The van der Waals surface area contributed by atoms with Gasteiger partial charge in [-0.2, -0.15) is 5.10 Å². The first-order valence-corrected chi connectivity index (χ1v) is 7.87. The van der Waals surface area contributed by atoms with E-state index in [1.165, 1.54) is 5.39 Å². The fourth-order valence-electron chi connectivity index (χ4n) is 3.17. The standard InChI is InChI=1S/C17H19N5O/c1-12-7-20-22(8-12)11-16(23)21-9-13(10-21)6-15-17-14(2-4-18-15)3-5-19-17/h2-5,7-8,13,19H,6,9-11H2,1H3. The van der Waals surface area contributed by atoms with Crippen LogP contribution in [-0.4, -0.2) is 43.6 Å². The molecule has 0 aromatic carbocycles. The lowest BCUT2D eigenvalue weighted by molar-refractivity contribution is -0.138. The van der Waals surface area contributed by atoms with E-state index in [0.29, 0.717) is 12.5 Å². The Morgan fingerprint density at radius 2 is 2.26 bits per heavy atom. The molecule has 0 aliphatic carbocycles. The molecule has 23 heavy (non-hydrogen) atoms. The molecular formula is C17H19N5O. The van der Waals surface area contributed by atoms with Crippen LogP contribution in [0.2, 0.25) is 0 Å². The second kappa shape index (κ2) is 5.53. The maximum atomic E-state index is 12.2. The molecule has 1 N–H and O–H groups in total. The van der Waals surface area contributed by atoms with Crippen molar-refractivity contribution in [1.29, 1.82) is 0 Å². The van der Waals surface area contributed by atoms with Crippen molar-refractivity contribution < 1.29 is 4.79 Å². The number of aromatic nitrogens is 4. The van der Waals surface area contributed by atoms with Crippen LogP contribution in [0.25, 0.3) is 10.9 Å². The van der Waals surface area contributed by atoms with E-state index in [9.17, 15) is 4.79 Å². The predicted octanol–water partition coefficient (Wildman–Crippen LogP) is 1.77. The van der Waals surface area contributed by atoms with E-state index in [-0.39, 0.29) is 5.91 Å². The summed E-state index contributed by atoms with van der Waals surface area (Å²) in [6, 6.07) is 4.07. The molecule has 3 aromatic heterocycles. The second-order valence-corrected chi connectivity index (χ2v) is 6.28. The van der Waals surface area contributed by atoms with E-state index in [1.54, 1.807) is 10.9 Å². The van der Waals surface area contributed by atoms with Gasteiger partial charge in [0.2, 0.25) is 5.91 Å². The van der Waals surface area contributed by atoms with Crippen LogP contribution < -0.4 is 0 Å². The molecule has 1 aliphatic heterocycles. The van der Waals surface area contributed by atoms with Gasteiger partial charge in [-0.3, -0.25) is 14.5 Å². The number of aryl methyl sites for hydroxylation is 1. The number of carbonyl (C=O) groups is 1. The van der Waals surface area contributed by atoms with Crippen molar-refractivity contribution >= 4 is 16.8 Å². The number of aromatic amines is 1. The molecule has 0 bridgehead atoms. The number of likely N-dealkylation sites (tertiary alicyclic amines) is 1. The maximum Gasteiger partial charge on any atom is 0.244 e. The molecule has 4 rings (SSSR count). The molecular weight excluding hydrogens is 290 g/mol. The zero-order valence-corrected chi connectivity index (χ0v) is 13.1. The number of hydrogen-bond acceptors (Lipinski definition) is 3. The number of carbonyl (C=O) groups excluding carboxylic acids is 1. The quantitative estimate of drug-likeness (QED) is 0.798. The topological polar surface area (TPSA) is 66.8 Å². The molecule has 0 unspecified atom stereocenters. The summed E-state index contributed by atoms with van der Waals surface area (Å²) in [7, 11) is 0. The minimum atomic E-state index is 0.135. The summed E-state index contributed by atoms with van der Waals surface area (Å²) in [6.07, 6.45) is 8.37. The third-order valence-corrected chi connectivity index (χ3v) is 4.40. The van der Waals surface area contributed by atoms with Crippen molar-refractivity contribution in [1.82, 2.24) is 24.6 Å². The molecule has 1 amide bonds. The Bertz CT molecular complexity index is 843. The van der Waals surface area contributed by atoms with Gasteiger partial charge in [-0.25, -0.2) is 0 Å². The molecule has 0 saturated carbocycles. The molecule has 6 nitrogen and oxygen atoms in total. The van der Waals surface area contributed by atoms with Gasteiger partial charge in [0.05, 0.1) is 17.4 Å². The highest BCUT2D eigenvalue weighted by Crippen LogP contribution is 2.23. The molecule has 1 fully saturated rings. The van der Waals surface area contributed by atoms with Gasteiger partial charge >= 0.3 is 0 Å². The zero-order valence-electron chi connectivity index (χ0n) is 13.1. The summed E-state index contributed by atoms with van der Waals surface area (Å²) in [5.41, 5.74) is 3.28. The van der Waals surface area contributed by atoms with Crippen molar-refractivity contribution in [3.63, 3.8) is 0 Å². The van der Waals surface area contributed by atoms with E-state index in [1.807, 2.05) is 36.5 Å². The highest BCUT2D eigenvalue weighted by molar-refractivity contribution is 5.81. The van der Waals surface area contributed by atoms with Crippen LogP contribution in [0, 0.1) is 12.8 Å². The summed E-state index contributed by atoms with van der Waals surface area (Å²) in [5, 5.41) is 5.36. The first-order chi connectivity index (χ1) is 11.2. The summed E-state index contributed by atoms with van der Waals surface area (Å²) in [5.74, 6) is 0.620. The molecule has 1 aliphatic rings. The lowest BCUT2D eigenvalue weighted by Gasteiger charge is -2.39. The van der Waals surface area contributed by atoms with E-state index >= 15 is 0 Å². The number of nitrogens with zero attached hydrogens (tertiary/aromatic N) is 4. The summed E-state index contributed by atoms with van der Waals surface area (Å²) in [6.45, 7) is 3.91. The average Bonchev–Trinajstić information content (AvgIpc) is 3.11. The van der Waals surface area contributed by atoms with Crippen LogP contribution in [-0.2, 0) is 17.8 Å². The third-order valence-electron chi connectivity index (χ3n) is 4.40. The minimum absolute atomic E-state index is 0.135. The monoisotopic (exact) mass is 309 g/mol. The average molecular weight is 309 g/mol. The fourth-order valence-corrected chi connectivity index (χ4v) is 3.17. The van der Waals surface area contributed by atoms with Crippen molar-refractivity contribution in [3.05, 3.63) is 48.2 Å². The molecule has 118 valence electrons. The Kier molecular flexibility index (Phi) is 3.37. The Morgan fingerprint density at radius 1 is 1.39 bits per heavy atom. The molecule has 0 radical (unpaired) electrons. The highest BCUT2D eigenvalue weighted by Gasteiger charge is 2.31. The van der Waals surface area contributed by atoms with Gasteiger partial charge in [0.25, 0.3) is 0 Å². The Hall–Kier alpha value is -2.63. The Morgan fingerprint density at radius 3 is 3.04 bits per heavy atom. The van der Waals surface area contributed by atoms with Crippen molar-refractivity contribution in [2.24, 2.45) is 5.92 Å². The maximum absolute atomic E-state index is 12.2. The summed E-state index contributed by atoms with van der Waals surface area (Å²) in [4.78, 5) is 21.9. The molecule has 6 heteroatoms. The van der Waals surface area contributed by atoms with E-state index in [0.717, 1.165) is 36.3 Å². The highest BCUT2D eigenvalue weighted by atomic mass is 16.2. The lowest BCUT2D eigenvalue weighted by Crippen LogP contribution is -2.51. The fraction of sp³-hybridized carbons (Fsp3) is 0.353. The van der Waals surface area contributed by atoms with Gasteiger partial charge in [-0.05, 0) is 37.0 Å². The SMILES string of the molecule is Cc1cnn(CC(=O)N2CC(Cc3nccc4cc[nH]c34)C2)c1. The smallest absolute Gasteiger partial charge is 0.244 e. The number of H-pyrrole nitrogens is 1. The largest absolute Gasteiger partial charge is 0.360 e. The van der Waals surface area contributed by atoms with E-state index in [2.05, 4.69) is 21.1 Å². The number of nitrogens with one attached hydrogen (secondary N) is 1. The van der Waals surface area contributed by atoms with E-state index in [4.69, 9.17) is 0 Å². The Labute approximate surface area is 134 Å². The van der Waals surface area contributed by atoms with Gasteiger partial charge in [-0.1, -0.05) is 0 Å². The molecule has 0 atom stereocenters. The zero-order chi connectivity index (χ0) is 15.8. The van der Waals surface area contributed by atoms with Gasteiger partial charge in [-0.15, -0.1) is 0 Å². The summed E-state index contributed by atoms with van der Waals surface area (Å²) >= 11 is 0. The van der Waals surface area contributed by atoms with Crippen LogP contribution in [0.1, 0.15) is 11.3 Å². The number of fused-ring (bicyclic) bond motifs is 1. The van der Waals surface area contributed by atoms with Gasteiger partial charge < -0.3 is 9.88 Å². The number of pyridine rings is 1. The Balaban J connectivity index is 1.34. The minimum Gasteiger partial charge on any atom is -0.360 e. The number of hydrogen-bond donors (Lipinski definition) is 1. The molecule has 4 heterocycles. The van der Waals surface area contributed by atoms with Crippen molar-refractivity contribution in [3.8, 4) is 0 Å². The molecule has 3 aromatic rings. The summed E-state index contributed by atoms with van der Waals surface area (Å²) < 4.78 is 1.70. The number of amides is 1. The first-order valence-electron chi connectivity index (χ1n) is 7.87. The van der Waals surface area contributed by atoms with Crippen molar-refractivity contribution in [2.75, 3.05) is 13.1 Å². The third kappa shape index (κ3) is 2.72. The van der Waals surface area contributed by atoms with Crippen molar-refractivity contribution in [2.45, 2.75) is 19.9 Å². The normalized spacial score (nSPS) is 15.1. The van der Waals surface area contributed by atoms with Crippen LogP contribution in [0.4, 0.5) is 0 Å². The van der Waals surface area contributed by atoms with Gasteiger partial charge in [0.15, 0.2) is 0 Å². The molecule has 0 spiro atoms. The lowest BCUT2D eigenvalue weighted by atomic mass is 9.93. The van der Waals surface area contributed by atoms with Crippen LogP contribution in [0.15, 0.2) is 36.9 Å².